The van der Waals surface area contributed by atoms with Crippen LogP contribution in [0.1, 0.15) is 183 Å². The summed E-state index contributed by atoms with van der Waals surface area (Å²) < 4.78 is 151. The van der Waals surface area contributed by atoms with Crippen molar-refractivity contribution in [1.29, 1.82) is 0 Å². The van der Waals surface area contributed by atoms with Gasteiger partial charge in [-0.3, -0.25) is 37.5 Å². The minimum Gasteiger partial charge on any atom is -0.493 e. The van der Waals surface area contributed by atoms with Gasteiger partial charge in [0.2, 0.25) is 0 Å². The monoisotopic (exact) mass is 2100 g/mol. The van der Waals surface area contributed by atoms with E-state index in [2.05, 4.69) is 99.7 Å². The minimum atomic E-state index is -4.55. The zero-order valence-corrected chi connectivity index (χ0v) is 82.5. The Morgan fingerprint density at radius 1 is 0.356 bits per heavy atom. The zero-order chi connectivity index (χ0) is 98.4. The first-order valence-electron chi connectivity index (χ1n) is 41.7. The van der Waals surface area contributed by atoms with E-state index in [0.29, 0.717) is 167 Å². The highest BCUT2D eigenvalue weighted by atomic mass is 79.9. The van der Waals surface area contributed by atoms with Crippen LogP contribution < -0.4 is 41.9 Å². The standard InChI is InChI=1S/C24H22BrClF3N5O.C24H22Cl2F3N5O.C23H23BrClN5O.C23H20Cl2F3N5O/c1-11(2)35-20-15(12(3)23-33-21(25)19-22(30)31-7-8-34(19)23)9-16(26)13(4)18(20)14-5-6-17(32-10-14)24(27,28)29;1-11(2)35-20-15(12(3)23-33-21(26)19-22(30)31-7-8-34(19)23)9-16(25)13(4)18(20)14-5-6-17(32-10-14)24(27,28)29;1-5-31-20-16(9-17(25)14(4)18(20)15-8-12(2)10-27-11-15)13(3)23-29-21(24)19-22(26)28-6-7-30(19)23;1-4-34-19-14(11(2)22-32-20(25)18-21(29)30-7-8-33(18)22)9-15(24)12(3)17(19)13-5-6-16(31-10-13)23(26,27)28/h2*5-12H,1-4H3,(H2,30,31);6-11,13H,5H2,1-4H3,(H2,26,28);5-11H,4H2,1-3H3,(H2,29,30). The van der Waals surface area contributed by atoms with E-state index in [4.69, 9.17) is 116 Å². The number of fused-ring (bicyclic) bond motifs is 4. The van der Waals surface area contributed by atoms with E-state index < -0.39 is 35.6 Å². The van der Waals surface area contributed by atoms with E-state index in [0.717, 1.165) is 68.7 Å². The second-order valence-corrected chi connectivity index (χ2v) is 35.7. The highest BCUT2D eigenvalue weighted by Gasteiger charge is 2.38. The molecule has 4 atom stereocenters. The molecular weight excluding hydrogens is 2020 g/mol. The maximum absolute atomic E-state index is 13.1. The van der Waals surface area contributed by atoms with Crippen molar-refractivity contribution in [2.75, 3.05) is 36.1 Å². The topological polar surface area (TPSA) is 313 Å². The average Bonchev–Trinajstić information content (AvgIpc) is 1.75. The maximum Gasteiger partial charge on any atom is 0.433 e. The summed E-state index contributed by atoms with van der Waals surface area (Å²) in [5, 5.41) is 2.37. The van der Waals surface area contributed by atoms with E-state index in [9.17, 15) is 39.5 Å². The quantitative estimate of drug-likeness (QED) is 0.0515. The van der Waals surface area contributed by atoms with Gasteiger partial charge in [-0.05, 0) is 184 Å². The van der Waals surface area contributed by atoms with Gasteiger partial charge in [0.15, 0.2) is 33.6 Å². The van der Waals surface area contributed by atoms with Crippen molar-refractivity contribution in [2.24, 2.45) is 0 Å². The number of nitrogens with zero attached hydrogens (tertiary/aromatic N) is 16. The highest BCUT2D eigenvalue weighted by molar-refractivity contribution is 9.10. The third-order valence-corrected chi connectivity index (χ3v) is 25.4. The van der Waals surface area contributed by atoms with Gasteiger partial charge < -0.3 is 41.9 Å². The second kappa shape index (κ2) is 40.8. The summed E-state index contributed by atoms with van der Waals surface area (Å²) in [6.45, 7) is 29.3. The molecule has 24 nitrogen and oxygen atoms in total. The van der Waals surface area contributed by atoms with Crippen molar-refractivity contribution in [1.82, 2.24) is 77.4 Å². The van der Waals surface area contributed by atoms with Crippen molar-refractivity contribution in [3.8, 4) is 67.5 Å². The Hall–Kier alpha value is -11.6. The summed E-state index contributed by atoms with van der Waals surface area (Å²) in [6.07, 6.45) is 6.51. The number of ether oxygens (including phenoxy) is 4. The number of nitrogen functional groups attached to an aromatic ring is 4. The average molecular weight is 2100 g/mol. The largest absolute Gasteiger partial charge is 0.493 e. The highest BCUT2D eigenvalue weighted by Crippen LogP contribution is 2.52. The zero-order valence-electron chi connectivity index (χ0n) is 74.8. The predicted octanol–water partition coefficient (Wildman–Crippen LogP) is 26.5. The Morgan fingerprint density at radius 3 is 0.904 bits per heavy atom. The summed E-state index contributed by atoms with van der Waals surface area (Å²) in [5.74, 6) is 4.87. The molecule has 0 saturated heterocycles. The third-order valence-electron chi connectivity index (χ3n) is 22.2. The molecule has 0 bridgehead atoms. The molecule has 0 aliphatic heterocycles. The van der Waals surface area contributed by atoms with Gasteiger partial charge in [-0.1, -0.05) is 115 Å². The Bertz CT molecular complexity index is 6930. The molecule has 16 aromatic rings. The number of aryl methyl sites for hydroxylation is 1. The molecule has 0 radical (unpaired) electrons. The Morgan fingerprint density at radius 2 is 0.630 bits per heavy atom. The molecule has 8 N–H and O–H groups in total. The molecule has 0 spiro atoms. The molecule has 4 aromatic carbocycles. The van der Waals surface area contributed by atoms with Crippen molar-refractivity contribution >= 4 is 147 Å². The predicted molar refractivity (Wildman–Crippen MR) is 516 cm³/mol. The number of aromatic nitrogens is 16. The van der Waals surface area contributed by atoms with Gasteiger partial charge in [0.1, 0.15) is 94.7 Å². The SMILES string of the molecule is CCOc1c(C(C)c2nc(Br)c3c(N)nccn23)cc(Cl)c(C)c1-c1cncc(C)c1.CCOc1c(C(C)c2nc(Cl)c3c(N)nccn23)cc(Cl)c(C)c1-c1ccc(C(F)(F)F)nc1.Cc1c(Cl)cc(C(C)c2nc(Br)c3c(N)nccn23)c(OC(C)C)c1-c1ccc(C(F)(F)F)nc1.Cc1c(Cl)cc(C(C)c2nc(Cl)c3c(N)nccn23)c(OC(C)C)c1-c1ccc(C(F)(F)F)nc1. The molecule has 16 rings (SSSR count). The third kappa shape index (κ3) is 20.8. The van der Waals surface area contributed by atoms with E-state index >= 15 is 0 Å². The van der Waals surface area contributed by atoms with Crippen LogP contribution in [0.3, 0.4) is 0 Å². The lowest BCUT2D eigenvalue weighted by atomic mass is 9.91. The molecule has 0 fully saturated rings. The van der Waals surface area contributed by atoms with Gasteiger partial charge in [0, 0.05) is 191 Å². The number of imidazole rings is 4. The van der Waals surface area contributed by atoms with Crippen LogP contribution in [0, 0.1) is 34.6 Å². The number of hydrogen-bond acceptors (Lipinski definition) is 20. The Kier molecular flexibility index (Phi) is 30.5. The fourth-order valence-electron chi connectivity index (χ4n) is 15.7. The first kappa shape index (κ1) is 101. The molecule has 135 heavy (non-hydrogen) atoms. The summed E-state index contributed by atoms with van der Waals surface area (Å²) in [4.78, 5) is 50.1. The maximum atomic E-state index is 13.1. The van der Waals surface area contributed by atoms with Crippen LogP contribution >= 0.6 is 101 Å². The lowest BCUT2D eigenvalue weighted by Gasteiger charge is -2.24. The molecule has 0 amide bonds. The van der Waals surface area contributed by atoms with E-state index in [1.807, 2.05) is 110 Å². The van der Waals surface area contributed by atoms with E-state index in [1.165, 1.54) is 36.8 Å². The van der Waals surface area contributed by atoms with Gasteiger partial charge in [-0.2, -0.15) is 39.5 Å². The van der Waals surface area contributed by atoms with Crippen LogP contribution in [0.2, 0.25) is 30.4 Å². The van der Waals surface area contributed by atoms with Gasteiger partial charge in [0.05, 0.1) is 25.4 Å². The molecule has 706 valence electrons. The summed E-state index contributed by atoms with van der Waals surface area (Å²) in [7, 11) is 0. The molecule has 12 aromatic heterocycles. The number of alkyl halides is 9. The van der Waals surface area contributed by atoms with Crippen molar-refractivity contribution in [3.63, 3.8) is 0 Å². The van der Waals surface area contributed by atoms with Crippen molar-refractivity contribution < 1.29 is 58.5 Å². The fourth-order valence-corrected chi connectivity index (χ4v) is 18.3. The van der Waals surface area contributed by atoms with E-state index in [-0.39, 0.29) is 57.8 Å². The molecule has 41 heteroatoms. The summed E-state index contributed by atoms with van der Waals surface area (Å²) in [5.41, 5.74) is 35.6. The first-order valence-corrected chi connectivity index (χ1v) is 45.6. The van der Waals surface area contributed by atoms with Crippen LogP contribution in [0.5, 0.6) is 23.0 Å². The summed E-state index contributed by atoms with van der Waals surface area (Å²) >= 11 is 46.3. The smallest absolute Gasteiger partial charge is 0.433 e. The Labute approximate surface area is 816 Å². The number of benzene rings is 4. The number of anilines is 4. The molecular formula is C94H87Br2Cl6F9N20O4. The minimum absolute atomic E-state index is 0.128. The normalized spacial score (nSPS) is 12.8. The van der Waals surface area contributed by atoms with Gasteiger partial charge >= 0.3 is 18.5 Å². The fraction of sp³-hybridized carbons (Fsp3) is 0.277. The van der Waals surface area contributed by atoms with Crippen LogP contribution in [-0.2, 0) is 18.5 Å². The van der Waals surface area contributed by atoms with Gasteiger partial charge in [-0.25, -0.2) is 39.9 Å². The lowest BCUT2D eigenvalue weighted by molar-refractivity contribution is -0.141. The number of halogens is 17. The molecule has 0 aliphatic carbocycles. The summed E-state index contributed by atoms with van der Waals surface area (Å²) in [6, 6.07) is 16.4. The van der Waals surface area contributed by atoms with Crippen LogP contribution in [0.15, 0.2) is 156 Å². The van der Waals surface area contributed by atoms with Crippen LogP contribution in [0.25, 0.3) is 66.6 Å². The lowest BCUT2D eigenvalue weighted by Crippen LogP contribution is -2.13. The van der Waals surface area contributed by atoms with E-state index in [1.54, 1.807) is 91.1 Å². The molecule has 0 aliphatic rings. The van der Waals surface area contributed by atoms with Crippen molar-refractivity contribution in [2.45, 2.75) is 158 Å². The molecule has 0 saturated carbocycles. The Balaban J connectivity index is 0.000000153. The van der Waals surface area contributed by atoms with Crippen molar-refractivity contribution in [3.05, 3.63) is 277 Å². The number of rotatable bonds is 20. The number of hydrogen-bond donors (Lipinski definition) is 4. The van der Waals surface area contributed by atoms with Gasteiger partial charge in [0.25, 0.3) is 0 Å². The van der Waals surface area contributed by atoms with Crippen LogP contribution in [-0.4, -0.2) is 103 Å². The van der Waals surface area contributed by atoms with Gasteiger partial charge in [-0.15, -0.1) is 0 Å². The number of pyridine rings is 4. The molecule has 4 unspecified atom stereocenters. The van der Waals surface area contributed by atoms with Crippen LogP contribution in [0.4, 0.5) is 62.8 Å². The first-order chi connectivity index (χ1) is 63.7. The second-order valence-electron chi connectivity index (χ2n) is 31.9. The number of nitrogens with two attached hydrogens (primary N) is 4. The molecule has 12 heterocycles.